The number of phenolic OH excluding ortho intramolecular Hbond substituents is 1. The Bertz CT molecular complexity index is 536. The van der Waals surface area contributed by atoms with Gasteiger partial charge in [-0.3, -0.25) is 4.79 Å². The number of benzene rings is 1. The van der Waals surface area contributed by atoms with Crippen LogP contribution in [0.25, 0.3) is 6.08 Å². The van der Waals surface area contributed by atoms with E-state index in [-0.39, 0.29) is 0 Å². The van der Waals surface area contributed by atoms with E-state index in [4.69, 9.17) is 5.11 Å². The van der Waals surface area contributed by atoms with Crippen LogP contribution in [0, 0.1) is 0 Å². The molecule has 0 aromatic heterocycles. The normalized spacial score (nSPS) is 11.3. The zero-order valence-electron chi connectivity index (χ0n) is 17.6. The summed E-state index contributed by atoms with van der Waals surface area (Å²) in [5.74, 6) is -0.310. The van der Waals surface area contributed by atoms with Crippen LogP contribution in [0.2, 0.25) is 0 Å². The second-order valence-electron chi connectivity index (χ2n) is 7.84. The maximum atomic E-state index is 10.4. The van der Waals surface area contributed by atoms with E-state index in [0.29, 0.717) is 12.2 Å². The lowest BCUT2D eigenvalue weighted by molar-refractivity contribution is -0.137. The zero-order valence-corrected chi connectivity index (χ0v) is 17.6. The number of para-hydroxylation sites is 1. The summed E-state index contributed by atoms with van der Waals surface area (Å²) in [5, 5.41) is 18.3. The monoisotopic (exact) mass is 388 g/mol. The molecule has 1 rings (SSSR count). The first kappa shape index (κ1) is 24.3. The van der Waals surface area contributed by atoms with E-state index in [2.05, 4.69) is 6.08 Å². The lowest BCUT2D eigenvalue weighted by Crippen LogP contribution is -1.93. The van der Waals surface area contributed by atoms with E-state index in [1.807, 2.05) is 24.3 Å². The zero-order chi connectivity index (χ0) is 20.3. The minimum absolute atomic E-state index is 0.328. The Balaban J connectivity index is 1.77. The molecule has 1 aromatic rings. The lowest BCUT2D eigenvalue weighted by atomic mass is 10.0. The van der Waals surface area contributed by atoms with Crippen molar-refractivity contribution in [1.29, 1.82) is 0 Å². The maximum Gasteiger partial charge on any atom is 0.303 e. The summed E-state index contributed by atoms with van der Waals surface area (Å²) < 4.78 is 0. The third-order valence-electron chi connectivity index (χ3n) is 5.25. The average molecular weight is 389 g/mol. The molecule has 0 atom stereocenters. The molecule has 0 aliphatic heterocycles. The number of allylic oxidation sites excluding steroid dienone is 1. The fourth-order valence-electron chi connectivity index (χ4n) is 3.50. The van der Waals surface area contributed by atoms with Gasteiger partial charge in [0.25, 0.3) is 0 Å². The van der Waals surface area contributed by atoms with Crippen molar-refractivity contribution in [2.75, 3.05) is 0 Å². The van der Waals surface area contributed by atoms with Crippen molar-refractivity contribution < 1.29 is 15.0 Å². The number of carbonyl (C=O) groups is 1. The summed E-state index contributed by atoms with van der Waals surface area (Å²) in [4.78, 5) is 10.4. The van der Waals surface area contributed by atoms with E-state index in [1.54, 1.807) is 6.07 Å². The van der Waals surface area contributed by atoms with Crippen LogP contribution in [0.15, 0.2) is 30.3 Å². The topological polar surface area (TPSA) is 57.5 Å². The van der Waals surface area contributed by atoms with Crippen molar-refractivity contribution in [2.24, 2.45) is 0 Å². The number of rotatable bonds is 18. The molecule has 0 aliphatic carbocycles. The molecule has 28 heavy (non-hydrogen) atoms. The van der Waals surface area contributed by atoms with Crippen molar-refractivity contribution in [2.45, 2.75) is 103 Å². The van der Waals surface area contributed by atoms with Gasteiger partial charge in [-0.25, -0.2) is 0 Å². The van der Waals surface area contributed by atoms with Crippen LogP contribution in [-0.2, 0) is 4.79 Å². The van der Waals surface area contributed by atoms with Gasteiger partial charge < -0.3 is 10.2 Å². The Morgan fingerprint density at radius 1 is 0.714 bits per heavy atom. The highest BCUT2D eigenvalue weighted by atomic mass is 16.4. The fraction of sp³-hybridized carbons (Fsp3) is 0.640. The van der Waals surface area contributed by atoms with Crippen LogP contribution in [-0.4, -0.2) is 16.2 Å². The van der Waals surface area contributed by atoms with Crippen LogP contribution < -0.4 is 0 Å². The molecule has 0 saturated carbocycles. The number of unbranched alkanes of at least 4 members (excludes halogenated alkanes) is 14. The largest absolute Gasteiger partial charge is 0.507 e. The van der Waals surface area contributed by atoms with E-state index in [9.17, 15) is 9.90 Å². The van der Waals surface area contributed by atoms with Crippen molar-refractivity contribution in [1.82, 2.24) is 0 Å². The number of carboxylic acid groups (broad SMARTS) is 1. The predicted octanol–water partition coefficient (Wildman–Crippen LogP) is 7.73. The first-order valence-electron chi connectivity index (χ1n) is 11.4. The van der Waals surface area contributed by atoms with Gasteiger partial charge in [-0.1, -0.05) is 107 Å². The summed E-state index contributed by atoms with van der Waals surface area (Å²) >= 11 is 0. The quantitative estimate of drug-likeness (QED) is 0.253. The van der Waals surface area contributed by atoms with Gasteiger partial charge in [-0.15, -0.1) is 0 Å². The third-order valence-corrected chi connectivity index (χ3v) is 5.25. The van der Waals surface area contributed by atoms with Gasteiger partial charge in [-0.2, -0.15) is 0 Å². The van der Waals surface area contributed by atoms with E-state index in [0.717, 1.165) is 24.8 Å². The van der Waals surface area contributed by atoms with Crippen molar-refractivity contribution >= 4 is 12.0 Å². The van der Waals surface area contributed by atoms with Crippen molar-refractivity contribution in [3.05, 3.63) is 35.9 Å². The van der Waals surface area contributed by atoms with Gasteiger partial charge in [0.2, 0.25) is 0 Å². The Labute approximate surface area is 171 Å². The molecule has 3 heteroatoms. The number of hydrogen-bond donors (Lipinski definition) is 2. The molecule has 0 bridgehead atoms. The molecule has 0 aliphatic rings. The second kappa shape index (κ2) is 17.3. The Morgan fingerprint density at radius 2 is 1.18 bits per heavy atom. The molecule has 1 aromatic carbocycles. The van der Waals surface area contributed by atoms with Crippen LogP contribution in [0.1, 0.15) is 108 Å². The maximum absolute atomic E-state index is 10.4. The van der Waals surface area contributed by atoms with Crippen LogP contribution in [0.3, 0.4) is 0 Å². The van der Waals surface area contributed by atoms with Gasteiger partial charge in [0.1, 0.15) is 5.75 Å². The first-order valence-corrected chi connectivity index (χ1v) is 11.4. The highest BCUT2D eigenvalue weighted by Gasteiger charge is 1.97. The van der Waals surface area contributed by atoms with Gasteiger partial charge in [0.05, 0.1) is 0 Å². The number of phenols is 1. The van der Waals surface area contributed by atoms with E-state index >= 15 is 0 Å². The number of aliphatic carboxylic acids is 1. The summed E-state index contributed by atoms with van der Waals surface area (Å²) in [6, 6.07) is 7.46. The average Bonchev–Trinajstić information content (AvgIpc) is 2.68. The summed E-state index contributed by atoms with van der Waals surface area (Å²) in [7, 11) is 0. The highest BCUT2D eigenvalue weighted by molar-refractivity contribution is 5.66. The molecule has 2 N–H and O–H groups in total. The van der Waals surface area contributed by atoms with Crippen molar-refractivity contribution in [3.8, 4) is 5.75 Å². The SMILES string of the molecule is O=C(O)CCCCCCCCCCCCCCCC/C=C/c1ccccc1O. The van der Waals surface area contributed by atoms with Gasteiger partial charge in [0.15, 0.2) is 0 Å². The lowest BCUT2D eigenvalue weighted by Gasteiger charge is -2.03. The first-order chi connectivity index (χ1) is 13.7. The minimum atomic E-state index is -0.666. The van der Waals surface area contributed by atoms with Crippen LogP contribution in [0.5, 0.6) is 5.75 Å². The molecule has 0 amide bonds. The summed E-state index contributed by atoms with van der Waals surface area (Å²) in [6.45, 7) is 0. The number of carboxylic acids is 1. The second-order valence-corrected chi connectivity index (χ2v) is 7.84. The van der Waals surface area contributed by atoms with Crippen LogP contribution in [0.4, 0.5) is 0 Å². The standard InChI is InChI=1S/C25H40O3/c26-24-21-18-17-20-23(24)19-15-13-11-9-7-5-3-1-2-4-6-8-10-12-14-16-22-25(27)28/h15,17-21,26H,1-14,16,22H2,(H,27,28)/b19-15+. The number of hydrogen-bond acceptors (Lipinski definition) is 2. The van der Waals surface area contributed by atoms with Gasteiger partial charge in [-0.05, 0) is 25.3 Å². The highest BCUT2D eigenvalue weighted by Crippen LogP contribution is 2.18. The van der Waals surface area contributed by atoms with Gasteiger partial charge >= 0.3 is 5.97 Å². The van der Waals surface area contributed by atoms with Crippen molar-refractivity contribution in [3.63, 3.8) is 0 Å². The Morgan fingerprint density at radius 3 is 1.68 bits per heavy atom. The summed E-state index contributed by atoms with van der Waals surface area (Å²) in [5.41, 5.74) is 0.903. The molecule has 3 nitrogen and oxygen atoms in total. The molecule has 0 saturated heterocycles. The van der Waals surface area contributed by atoms with E-state index in [1.165, 1.54) is 77.0 Å². The molecule has 158 valence electrons. The summed E-state index contributed by atoms with van der Waals surface area (Å²) in [6.07, 6.45) is 23.3. The predicted molar refractivity (Wildman–Crippen MR) is 119 cm³/mol. The molecule has 0 radical (unpaired) electrons. The molecule has 0 fully saturated rings. The van der Waals surface area contributed by atoms with Crippen LogP contribution >= 0.6 is 0 Å². The van der Waals surface area contributed by atoms with E-state index < -0.39 is 5.97 Å². The third kappa shape index (κ3) is 14.3. The Kier molecular flexibility index (Phi) is 15.0. The molecule has 0 spiro atoms. The molecular formula is C25H40O3. The fourth-order valence-corrected chi connectivity index (χ4v) is 3.50. The molecule has 0 heterocycles. The number of aromatic hydroxyl groups is 1. The molecular weight excluding hydrogens is 348 g/mol. The minimum Gasteiger partial charge on any atom is -0.507 e. The Hall–Kier alpha value is -1.77. The molecule has 0 unspecified atom stereocenters. The van der Waals surface area contributed by atoms with Gasteiger partial charge in [0, 0.05) is 12.0 Å². The smallest absolute Gasteiger partial charge is 0.303 e.